The molecule has 1 rings (SSSR count). The standard InChI is InChI=1S/C8H14N2O/c1-2-7-5-8(10,6-9)3-4-11-7/h7H,2-5,10H2,1H3. The predicted molar refractivity (Wildman–Crippen MR) is 41.8 cm³/mol. The minimum atomic E-state index is -0.626. The molecule has 3 heteroatoms. The van der Waals surface area contributed by atoms with Gasteiger partial charge in [-0.3, -0.25) is 0 Å². The molecular formula is C8H14N2O. The second kappa shape index (κ2) is 3.21. The fourth-order valence-electron chi connectivity index (χ4n) is 1.34. The fraction of sp³-hybridized carbons (Fsp3) is 0.875. The van der Waals surface area contributed by atoms with Crippen LogP contribution in [0.5, 0.6) is 0 Å². The summed E-state index contributed by atoms with van der Waals surface area (Å²) in [6, 6.07) is 2.14. The molecule has 11 heavy (non-hydrogen) atoms. The van der Waals surface area contributed by atoms with E-state index < -0.39 is 5.54 Å². The molecule has 0 spiro atoms. The van der Waals surface area contributed by atoms with Crippen molar-refractivity contribution < 1.29 is 4.74 Å². The smallest absolute Gasteiger partial charge is 0.108 e. The molecule has 1 heterocycles. The van der Waals surface area contributed by atoms with Crippen molar-refractivity contribution in [1.82, 2.24) is 0 Å². The Bertz CT molecular complexity index is 175. The molecule has 0 aromatic heterocycles. The van der Waals surface area contributed by atoms with Gasteiger partial charge in [0, 0.05) is 19.4 Å². The molecule has 1 fully saturated rings. The van der Waals surface area contributed by atoms with Crippen molar-refractivity contribution in [2.45, 2.75) is 37.8 Å². The summed E-state index contributed by atoms with van der Waals surface area (Å²) in [7, 11) is 0. The topological polar surface area (TPSA) is 59.0 Å². The van der Waals surface area contributed by atoms with Gasteiger partial charge in [-0.25, -0.2) is 0 Å². The Kier molecular flexibility index (Phi) is 2.48. The lowest BCUT2D eigenvalue weighted by Crippen LogP contribution is -2.46. The summed E-state index contributed by atoms with van der Waals surface area (Å²) in [5, 5.41) is 8.73. The molecule has 0 aliphatic carbocycles. The molecule has 2 N–H and O–H groups in total. The molecule has 2 atom stereocenters. The van der Waals surface area contributed by atoms with Gasteiger partial charge in [0.2, 0.25) is 0 Å². The van der Waals surface area contributed by atoms with Crippen molar-refractivity contribution in [1.29, 1.82) is 5.26 Å². The van der Waals surface area contributed by atoms with E-state index in [9.17, 15) is 0 Å². The summed E-state index contributed by atoms with van der Waals surface area (Å²) in [6.07, 6.45) is 2.48. The van der Waals surface area contributed by atoms with Gasteiger partial charge in [0.25, 0.3) is 0 Å². The van der Waals surface area contributed by atoms with E-state index in [4.69, 9.17) is 15.7 Å². The Morgan fingerprint density at radius 2 is 2.55 bits per heavy atom. The van der Waals surface area contributed by atoms with Crippen LogP contribution in [0.25, 0.3) is 0 Å². The van der Waals surface area contributed by atoms with Crippen LogP contribution in [0.1, 0.15) is 26.2 Å². The average molecular weight is 154 g/mol. The minimum absolute atomic E-state index is 0.188. The number of nitrogens with two attached hydrogens (primary N) is 1. The summed E-state index contributed by atoms with van der Waals surface area (Å²) in [5.41, 5.74) is 5.16. The molecule has 62 valence electrons. The summed E-state index contributed by atoms with van der Waals surface area (Å²) in [4.78, 5) is 0. The highest BCUT2D eigenvalue weighted by molar-refractivity contribution is 5.07. The quantitative estimate of drug-likeness (QED) is 0.607. The molecule has 1 saturated heterocycles. The van der Waals surface area contributed by atoms with E-state index in [1.165, 1.54) is 0 Å². The first-order valence-electron chi connectivity index (χ1n) is 4.02. The van der Waals surface area contributed by atoms with Crippen LogP contribution in [-0.2, 0) is 4.74 Å². The molecular weight excluding hydrogens is 140 g/mol. The summed E-state index contributed by atoms with van der Waals surface area (Å²) < 4.78 is 5.39. The summed E-state index contributed by atoms with van der Waals surface area (Å²) in [5.74, 6) is 0. The first-order valence-corrected chi connectivity index (χ1v) is 4.02. The van der Waals surface area contributed by atoms with Crippen LogP contribution in [0, 0.1) is 11.3 Å². The molecule has 3 nitrogen and oxygen atoms in total. The van der Waals surface area contributed by atoms with Crippen molar-refractivity contribution >= 4 is 0 Å². The van der Waals surface area contributed by atoms with Gasteiger partial charge < -0.3 is 10.5 Å². The molecule has 0 amide bonds. The third-order valence-electron chi connectivity index (χ3n) is 2.17. The summed E-state index contributed by atoms with van der Waals surface area (Å²) >= 11 is 0. The summed E-state index contributed by atoms with van der Waals surface area (Å²) in [6.45, 7) is 2.68. The zero-order valence-corrected chi connectivity index (χ0v) is 6.84. The van der Waals surface area contributed by atoms with Crippen molar-refractivity contribution in [2.24, 2.45) is 5.73 Å². The van der Waals surface area contributed by atoms with E-state index in [0.717, 1.165) is 6.42 Å². The van der Waals surface area contributed by atoms with Gasteiger partial charge in [0.15, 0.2) is 0 Å². The van der Waals surface area contributed by atoms with Crippen LogP contribution in [0.4, 0.5) is 0 Å². The Balaban J connectivity index is 2.53. The Hall–Kier alpha value is -0.590. The van der Waals surface area contributed by atoms with Gasteiger partial charge in [-0.15, -0.1) is 0 Å². The highest BCUT2D eigenvalue weighted by Crippen LogP contribution is 2.23. The maximum Gasteiger partial charge on any atom is 0.108 e. The van der Waals surface area contributed by atoms with Gasteiger partial charge in [-0.05, 0) is 6.42 Å². The molecule has 1 aliphatic rings. The van der Waals surface area contributed by atoms with Gasteiger partial charge in [-0.1, -0.05) is 6.92 Å². The van der Waals surface area contributed by atoms with Crippen LogP contribution in [-0.4, -0.2) is 18.2 Å². The zero-order chi connectivity index (χ0) is 8.32. The molecule has 0 radical (unpaired) electrons. The highest BCUT2D eigenvalue weighted by Gasteiger charge is 2.32. The van der Waals surface area contributed by atoms with E-state index in [0.29, 0.717) is 19.4 Å². The number of nitrogens with zero attached hydrogens (tertiary/aromatic N) is 1. The number of hydrogen-bond donors (Lipinski definition) is 1. The Labute approximate surface area is 67.1 Å². The van der Waals surface area contributed by atoms with Gasteiger partial charge in [0.1, 0.15) is 5.54 Å². The Morgan fingerprint density at radius 1 is 1.82 bits per heavy atom. The van der Waals surface area contributed by atoms with Gasteiger partial charge >= 0.3 is 0 Å². The SMILES string of the molecule is CCC1CC(N)(C#N)CCO1. The van der Waals surface area contributed by atoms with Crippen LogP contribution >= 0.6 is 0 Å². The van der Waals surface area contributed by atoms with E-state index in [1.54, 1.807) is 0 Å². The fourth-order valence-corrected chi connectivity index (χ4v) is 1.34. The largest absolute Gasteiger partial charge is 0.378 e. The van der Waals surface area contributed by atoms with Gasteiger partial charge in [-0.2, -0.15) is 5.26 Å². The van der Waals surface area contributed by atoms with Crippen LogP contribution in [0.2, 0.25) is 0 Å². The zero-order valence-electron chi connectivity index (χ0n) is 6.84. The van der Waals surface area contributed by atoms with E-state index in [1.807, 2.05) is 6.92 Å². The highest BCUT2D eigenvalue weighted by atomic mass is 16.5. The molecule has 2 unspecified atom stereocenters. The van der Waals surface area contributed by atoms with Crippen molar-refractivity contribution in [3.63, 3.8) is 0 Å². The monoisotopic (exact) mass is 154 g/mol. The minimum Gasteiger partial charge on any atom is -0.378 e. The molecule has 0 aromatic carbocycles. The lowest BCUT2D eigenvalue weighted by Gasteiger charge is -2.32. The maximum atomic E-state index is 8.73. The molecule has 0 bridgehead atoms. The number of hydrogen-bond acceptors (Lipinski definition) is 3. The molecule has 0 aromatic rings. The third-order valence-corrected chi connectivity index (χ3v) is 2.17. The van der Waals surface area contributed by atoms with E-state index in [2.05, 4.69) is 6.07 Å². The first kappa shape index (κ1) is 8.51. The maximum absolute atomic E-state index is 8.73. The lowest BCUT2D eigenvalue weighted by molar-refractivity contribution is -0.00721. The second-order valence-electron chi connectivity index (χ2n) is 3.12. The third kappa shape index (κ3) is 1.92. The second-order valence-corrected chi connectivity index (χ2v) is 3.12. The van der Waals surface area contributed by atoms with Crippen LogP contribution in [0.15, 0.2) is 0 Å². The van der Waals surface area contributed by atoms with Crippen molar-refractivity contribution in [2.75, 3.05) is 6.61 Å². The van der Waals surface area contributed by atoms with Crippen LogP contribution < -0.4 is 5.73 Å². The van der Waals surface area contributed by atoms with Gasteiger partial charge in [0.05, 0.1) is 12.2 Å². The number of ether oxygens (including phenoxy) is 1. The average Bonchev–Trinajstić information content (AvgIpc) is 2.05. The number of nitriles is 1. The van der Waals surface area contributed by atoms with Crippen molar-refractivity contribution in [3.05, 3.63) is 0 Å². The van der Waals surface area contributed by atoms with E-state index in [-0.39, 0.29) is 6.10 Å². The van der Waals surface area contributed by atoms with Crippen LogP contribution in [0.3, 0.4) is 0 Å². The molecule has 1 aliphatic heterocycles. The lowest BCUT2D eigenvalue weighted by atomic mass is 9.88. The Morgan fingerprint density at radius 3 is 3.09 bits per heavy atom. The van der Waals surface area contributed by atoms with E-state index >= 15 is 0 Å². The number of rotatable bonds is 1. The predicted octanol–water partition coefficient (Wildman–Crippen LogP) is 0.796. The normalized spacial score (nSPS) is 38.1. The van der Waals surface area contributed by atoms with Crippen molar-refractivity contribution in [3.8, 4) is 6.07 Å². The first-order chi connectivity index (χ1) is 5.20. The molecule has 0 saturated carbocycles.